The lowest BCUT2D eigenvalue weighted by Crippen LogP contribution is -2.53. The maximum Gasteiger partial charge on any atom is 0.221 e. The summed E-state index contributed by atoms with van der Waals surface area (Å²) < 4.78 is 0. The summed E-state index contributed by atoms with van der Waals surface area (Å²) in [5.74, 6) is 0.968. The smallest absolute Gasteiger partial charge is 0.221 e. The topological polar surface area (TPSA) is 60.0 Å². The number of carbonyl (C=O) groups is 1. The van der Waals surface area contributed by atoms with Crippen LogP contribution in [0.4, 0.5) is 5.69 Å². The second-order valence-corrected chi connectivity index (χ2v) is 6.41. The number of rotatable bonds is 6. The number of nitrogens with one attached hydrogen (secondary N) is 2. The number of guanidine groups is 1. The Balaban J connectivity index is 1.74. The van der Waals surface area contributed by atoms with Crippen LogP contribution >= 0.6 is 0 Å². The van der Waals surface area contributed by atoms with E-state index in [-0.39, 0.29) is 11.9 Å². The number of hydrogen-bond acceptors (Lipinski definition) is 3. The molecule has 1 saturated heterocycles. The van der Waals surface area contributed by atoms with Gasteiger partial charge in [-0.15, -0.1) is 0 Å². The van der Waals surface area contributed by atoms with Crippen molar-refractivity contribution in [1.29, 1.82) is 0 Å². The Hall–Kier alpha value is -2.24. The van der Waals surface area contributed by atoms with Gasteiger partial charge in [-0.2, -0.15) is 0 Å². The molecule has 0 aliphatic carbocycles. The van der Waals surface area contributed by atoms with Gasteiger partial charge in [-0.3, -0.25) is 9.79 Å². The highest BCUT2D eigenvalue weighted by molar-refractivity contribution is 5.81. The Labute approximate surface area is 151 Å². The van der Waals surface area contributed by atoms with Crippen molar-refractivity contribution < 1.29 is 4.79 Å². The molecule has 0 spiro atoms. The number of anilines is 1. The molecular weight excluding hydrogens is 314 g/mol. The molecule has 0 bridgehead atoms. The predicted octanol–water partition coefficient (Wildman–Crippen LogP) is 1.69. The van der Waals surface area contributed by atoms with Crippen molar-refractivity contribution in [2.75, 3.05) is 44.7 Å². The second-order valence-electron chi connectivity index (χ2n) is 6.41. The van der Waals surface area contributed by atoms with Crippen LogP contribution in [0, 0.1) is 0 Å². The molecule has 1 heterocycles. The molecule has 1 aromatic rings. The van der Waals surface area contributed by atoms with Crippen LogP contribution in [0.25, 0.3) is 0 Å². The van der Waals surface area contributed by atoms with E-state index < -0.39 is 0 Å². The van der Waals surface area contributed by atoms with Crippen LogP contribution in [0.2, 0.25) is 0 Å². The maximum atomic E-state index is 11.8. The molecule has 0 radical (unpaired) electrons. The van der Waals surface area contributed by atoms with Crippen LogP contribution in [0.5, 0.6) is 0 Å². The largest absolute Gasteiger partial charge is 0.368 e. The molecule has 0 saturated carbocycles. The minimum Gasteiger partial charge on any atom is -0.368 e. The fourth-order valence-electron chi connectivity index (χ4n) is 2.88. The van der Waals surface area contributed by atoms with E-state index in [9.17, 15) is 4.79 Å². The number of aliphatic imine (C=N–C) groups is 1. The van der Waals surface area contributed by atoms with E-state index in [1.807, 2.05) is 13.0 Å². The summed E-state index contributed by atoms with van der Waals surface area (Å²) in [6.07, 6.45) is 1.42. The van der Waals surface area contributed by atoms with E-state index >= 15 is 0 Å². The number of para-hydroxylation sites is 1. The van der Waals surface area contributed by atoms with E-state index in [4.69, 9.17) is 0 Å². The van der Waals surface area contributed by atoms with Gasteiger partial charge in [0, 0.05) is 57.9 Å². The van der Waals surface area contributed by atoms with Gasteiger partial charge in [-0.25, -0.2) is 0 Å². The van der Waals surface area contributed by atoms with Gasteiger partial charge in [0.25, 0.3) is 0 Å². The molecule has 6 heteroatoms. The van der Waals surface area contributed by atoms with Gasteiger partial charge in [-0.05, 0) is 25.5 Å². The van der Waals surface area contributed by atoms with Crippen LogP contribution in [-0.2, 0) is 4.79 Å². The molecule has 1 unspecified atom stereocenters. The van der Waals surface area contributed by atoms with Crippen molar-refractivity contribution >= 4 is 17.6 Å². The van der Waals surface area contributed by atoms with Gasteiger partial charge in [0.05, 0.1) is 0 Å². The summed E-state index contributed by atoms with van der Waals surface area (Å²) in [5, 5.41) is 6.30. The van der Waals surface area contributed by atoms with Gasteiger partial charge in [0.1, 0.15) is 0 Å². The monoisotopic (exact) mass is 345 g/mol. The number of carbonyl (C=O) groups excluding carboxylic acids is 1. The van der Waals surface area contributed by atoms with Crippen molar-refractivity contribution in [1.82, 2.24) is 15.5 Å². The lowest BCUT2D eigenvalue weighted by molar-refractivity contribution is -0.121. The molecule has 25 heavy (non-hydrogen) atoms. The van der Waals surface area contributed by atoms with Crippen molar-refractivity contribution in [2.45, 2.75) is 32.7 Å². The zero-order valence-corrected chi connectivity index (χ0v) is 15.7. The average Bonchev–Trinajstić information content (AvgIpc) is 2.66. The zero-order chi connectivity index (χ0) is 18.1. The number of piperazine rings is 1. The summed E-state index contributed by atoms with van der Waals surface area (Å²) in [4.78, 5) is 20.9. The lowest BCUT2D eigenvalue weighted by atomic mass is 10.2. The normalized spacial score (nSPS) is 16.5. The molecular formula is C19H31N5O. The molecule has 1 fully saturated rings. The number of nitrogens with zero attached hydrogens (tertiary/aromatic N) is 3. The Morgan fingerprint density at radius 3 is 2.48 bits per heavy atom. The van der Waals surface area contributed by atoms with E-state index in [1.165, 1.54) is 5.69 Å². The average molecular weight is 345 g/mol. The van der Waals surface area contributed by atoms with Gasteiger partial charge < -0.3 is 20.4 Å². The van der Waals surface area contributed by atoms with Crippen LogP contribution in [-0.4, -0.2) is 62.6 Å². The van der Waals surface area contributed by atoms with Crippen molar-refractivity contribution in [3.63, 3.8) is 0 Å². The predicted molar refractivity (Wildman–Crippen MR) is 104 cm³/mol. The summed E-state index contributed by atoms with van der Waals surface area (Å²) >= 11 is 0. The highest BCUT2D eigenvalue weighted by Crippen LogP contribution is 2.15. The molecule has 1 aromatic carbocycles. The van der Waals surface area contributed by atoms with E-state index in [0.29, 0.717) is 13.0 Å². The van der Waals surface area contributed by atoms with Crippen molar-refractivity contribution in [2.24, 2.45) is 4.99 Å². The van der Waals surface area contributed by atoms with Crippen molar-refractivity contribution in [3.05, 3.63) is 30.3 Å². The van der Waals surface area contributed by atoms with Gasteiger partial charge in [0.2, 0.25) is 5.91 Å². The Morgan fingerprint density at radius 1 is 1.20 bits per heavy atom. The number of benzene rings is 1. The Bertz CT molecular complexity index is 552. The first-order valence-corrected chi connectivity index (χ1v) is 9.19. The SMILES string of the molecule is CCC(C)NC(=O)CCNC(=NC)N1CCN(c2ccccc2)CC1. The number of amides is 1. The van der Waals surface area contributed by atoms with E-state index in [0.717, 1.165) is 38.6 Å². The maximum absolute atomic E-state index is 11.8. The van der Waals surface area contributed by atoms with Crippen LogP contribution in [0.15, 0.2) is 35.3 Å². The molecule has 0 aromatic heterocycles. The first-order valence-electron chi connectivity index (χ1n) is 9.19. The minimum absolute atomic E-state index is 0.0891. The van der Waals surface area contributed by atoms with Crippen molar-refractivity contribution in [3.8, 4) is 0 Å². The third-order valence-electron chi connectivity index (χ3n) is 4.57. The standard InChI is InChI=1S/C19H31N5O/c1-4-16(2)22-18(25)10-11-21-19(20-3)24-14-12-23(13-15-24)17-8-6-5-7-9-17/h5-9,16H,4,10-15H2,1-3H3,(H,20,21)(H,22,25). The first kappa shape index (κ1) is 19.1. The zero-order valence-electron chi connectivity index (χ0n) is 15.7. The van der Waals surface area contributed by atoms with E-state index in [1.54, 1.807) is 7.05 Å². The molecule has 138 valence electrons. The van der Waals surface area contributed by atoms with Gasteiger partial charge >= 0.3 is 0 Å². The fourth-order valence-corrected chi connectivity index (χ4v) is 2.88. The third kappa shape index (κ3) is 5.96. The summed E-state index contributed by atoms with van der Waals surface area (Å²) in [6.45, 7) is 8.49. The third-order valence-corrected chi connectivity index (χ3v) is 4.57. The minimum atomic E-state index is 0.0891. The Kier molecular flexibility index (Phi) is 7.57. The molecule has 2 N–H and O–H groups in total. The van der Waals surface area contributed by atoms with E-state index in [2.05, 4.69) is 56.6 Å². The van der Waals surface area contributed by atoms with Crippen LogP contribution in [0.3, 0.4) is 0 Å². The molecule has 1 aliphatic heterocycles. The highest BCUT2D eigenvalue weighted by Gasteiger charge is 2.19. The molecule has 1 aliphatic rings. The first-order chi connectivity index (χ1) is 12.1. The fraction of sp³-hybridized carbons (Fsp3) is 0.579. The number of hydrogen-bond donors (Lipinski definition) is 2. The second kappa shape index (κ2) is 9.91. The highest BCUT2D eigenvalue weighted by atomic mass is 16.1. The molecule has 6 nitrogen and oxygen atoms in total. The lowest BCUT2D eigenvalue weighted by Gasteiger charge is -2.37. The summed E-state index contributed by atoms with van der Waals surface area (Å²) in [6, 6.07) is 10.7. The summed E-state index contributed by atoms with van der Waals surface area (Å²) in [5.41, 5.74) is 1.27. The summed E-state index contributed by atoms with van der Waals surface area (Å²) in [7, 11) is 1.80. The van der Waals surface area contributed by atoms with Gasteiger partial charge in [-0.1, -0.05) is 25.1 Å². The van der Waals surface area contributed by atoms with Gasteiger partial charge in [0.15, 0.2) is 5.96 Å². The van der Waals surface area contributed by atoms with Crippen LogP contribution < -0.4 is 15.5 Å². The van der Waals surface area contributed by atoms with Crippen LogP contribution in [0.1, 0.15) is 26.7 Å². The quantitative estimate of drug-likeness (QED) is 0.608. The molecule has 1 atom stereocenters. The Morgan fingerprint density at radius 2 is 1.88 bits per heavy atom. The molecule has 1 amide bonds. The molecule has 2 rings (SSSR count).